The first-order valence-electron chi connectivity index (χ1n) is 6.71. The lowest BCUT2D eigenvalue weighted by atomic mass is 10.3. The highest BCUT2D eigenvalue weighted by Crippen LogP contribution is 2.29. The van der Waals surface area contributed by atoms with Crippen LogP contribution < -0.4 is 5.56 Å². The monoisotopic (exact) mass is 288 g/mol. The summed E-state index contributed by atoms with van der Waals surface area (Å²) >= 11 is 1.66. The van der Waals surface area contributed by atoms with E-state index in [0.29, 0.717) is 12.6 Å². The molecule has 0 aromatic carbocycles. The molecule has 0 saturated heterocycles. The van der Waals surface area contributed by atoms with Crippen LogP contribution in [-0.2, 0) is 17.9 Å². The van der Waals surface area contributed by atoms with E-state index in [1.807, 2.05) is 22.4 Å². The van der Waals surface area contributed by atoms with E-state index >= 15 is 0 Å². The van der Waals surface area contributed by atoms with Gasteiger partial charge >= 0.3 is 0 Å². The zero-order chi connectivity index (χ0) is 13.9. The van der Waals surface area contributed by atoms with Gasteiger partial charge in [0.1, 0.15) is 6.54 Å². The number of aromatic nitrogens is 1. The van der Waals surface area contributed by atoms with E-state index in [9.17, 15) is 9.59 Å². The van der Waals surface area contributed by atoms with Crippen LogP contribution in [0, 0.1) is 0 Å². The fourth-order valence-electron chi connectivity index (χ4n) is 2.21. The summed E-state index contributed by atoms with van der Waals surface area (Å²) in [6.07, 6.45) is 3.80. The molecule has 2 heterocycles. The molecule has 4 nitrogen and oxygen atoms in total. The maximum absolute atomic E-state index is 12.4. The molecule has 104 valence electrons. The Kier molecular flexibility index (Phi) is 3.69. The van der Waals surface area contributed by atoms with Crippen molar-refractivity contribution in [1.82, 2.24) is 9.47 Å². The molecule has 20 heavy (non-hydrogen) atoms. The number of carbonyl (C=O) groups is 1. The molecule has 0 bridgehead atoms. The Bertz CT molecular complexity index is 644. The van der Waals surface area contributed by atoms with Gasteiger partial charge in [0.15, 0.2) is 0 Å². The normalized spacial score (nSPS) is 14.2. The first kappa shape index (κ1) is 13.1. The summed E-state index contributed by atoms with van der Waals surface area (Å²) in [4.78, 5) is 27.2. The van der Waals surface area contributed by atoms with Crippen molar-refractivity contribution in [2.24, 2.45) is 0 Å². The maximum atomic E-state index is 12.4. The number of thiophene rings is 1. The van der Waals surface area contributed by atoms with Crippen LogP contribution in [0.5, 0.6) is 0 Å². The van der Waals surface area contributed by atoms with Crippen LogP contribution in [0.4, 0.5) is 0 Å². The van der Waals surface area contributed by atoms with Gasteiger partial charge in [0.25, 0.3) is 5.56 Å². The number of hydrogen-bond donors (Lipinski definition) is 0. The number of rotatable bonds is 5. The summed E-state index contributed by atoms with van der Waals surface area (Å²) in [6.45, 7) is 0.782. The fraction of sp³-hybridized carbons (Fsp3) is 0.333. The second kappa shape index (κ2) is 5.63. The molecule has 1 fully saturated rings. The fourth-order valence-corrected chi connectivity index (χ4v) is 2.91. The van der Waals surface area contributed by atoms with Crippen molar-refractivity contribution >= 4 is 17.2 Å². The first-order valence-corrected chi connectivity index (χ1v) is 7.59. The average Bonchev–Trinajstić information content (AvgIpc) is 3.15. The molecule has 1 saturated carbocycles. The predicted octanol–water partition coefficient (Wildman–Crippen LogP) is 2.10. The van der Waals surface area contributed by atoms with Crippen molar-refractivity contribution in [2.75, 3.05) is 0 Å². The van der Waals surface area contributed by atoms with Gasteiger partial charge in [-0.25, -0.2) is 0 Å². The van der Waals surface area contributed by atoms with Gasteiger partial charge in [0, 0.05) is 23.2 Å². The van der Waals surface area contributed by atoms with Crippen LogP contribution in [0.1, 0.15) is 17.7 Å². The third kappa shape index (κ3) is 2.99. The van der Waals surface area contributed by atoms with Gasteiger partial charge in [-0.3, -0.25) is 9.59 Å². The molecule has 1 aliphatic rings. The summed E-state index contributed by atoms with van der Waals surface area (Å²) < 4.78 is 1.46. The highest BCUT2D eigenvalue weighted by molar-refractivity contribution is 7.09. The van der Waals surface area contributed by atoms with Crippen molar-refractivity contribution in [3.05, 3.63) is 57.1 Å². The first-order chi connectivity index (χ1) is 9.74. The molecule has 0 spiro atoms. The Morgan fingerprint density at radius 2 is 2.15 bits per heavy atom. The van der Waals surface area contributed by atoms with Crippen LogP contribution in [0.15, 0.2) is 46.7 Å². The third-order valence-electron chi connectivity index (χ3n) is 3.42. The molecule has 1 amide bonds. The van der Waals surface area contributed by atoms with E-state index in [2.05, 4.69) is 0 Å². The van der Waals surface area contributed by atoms with E-state index in [4.69, 9.17) is 0 Å². The van der Waals surface area contributed by atoms with Crippen molar-refractivity contribution in [2.45, 2.75) is 32.0 Å². The molecule has 0 aliphatic heterocycles. The molecule has 0 radical (unpaired) electrons. The van der Waals surface area contributed by atoms with E-state index in [1.54, 1.807) is 29.7 Å². The summed E-state index contributed by atoms with van der Waals surface area (Å²) in [7, 11) is 0. The topological polar surface area (TPSA) is 42.3 Å². The molecule has 0 atom stereocenters. The number of nitrogens with zero attached hydrogens (tertiary/aromatic N) is 2. The second-order valence-electron chi connectivity index (χ2n) is 5.00. The molecule has 1 aliphatic carbocycles. The van der Waals surface area contributed by atoms with Crippen LogP contribution >= 0.6 is 11.3 Å². The summed E-state index contributed by atoms with van der Waals surface area (Å²) in [5, 5.41) is 2.02. The van der Waals surface area contributed by atoms with Crippen molar-refractivity contribution in [3.63, 3.8) is 0 Å². The van der Waals surface area contributed by atoms with Crippen molar-refractivity contribution in [1.29, 1.82) is 0 Å². The number of amides is 1. The number of hydrogen-bond acceptors (Lipinski definition) is 3. The summed E-state index contributed by atoms with van der Waals surface area (Å²) in [5.74, 6) is 0.0224. The largest absolute Gasteiger partial charge is 0.333 e. The Labute approximate surface area is 121 Å². The standard InChI is InChI=1S/C15H16N2O2S/c18-14-5-1-2-8-16(14)11-15(19)17(12-6-7-12)10-13-4-3-9-20-13/h1-5,8-9,12H,6-7,10-11H2. The summed E-state index contributed by atoms with van der Waals surface area (Å²) in [6, 6.07) is 9.33. The molecule has 0 unspecified atom stereocenters. The minimum atomic E-state index is -0.132. The van der Waals surface area contributed by atoms with Crippen molar-refractivity contribution < 1.29 is 4.79 Å². The molecule has 5 heteroatoms. The molecule has 0 N–H and O–H groups in total. The van der Waals surface area contributed by atoms with E-state index in [-0.39, 0.29) is 18.0 Å². The molecule has 2 aromatic heterocycles. The minimum absolute atomic E-state index is 0.0224. The highest BCUT2D eigenvalue weighted by Gasteiger charge is 2.32. The van der Waals surface area contributed by atoms with Gasteiger partial charge in [0.2, 0.25) is 5.91 Å². The van der Waals surface area contributed by atoms with Crippen LogP contribution in [0.2, 0.25) is 0 Å². The summed E-state index contributed by atoms with van der Waals surface area (Å²) in [5.41, 5.74) is -0.132. The van der Waals surface area contributed by atoms with Gasteiger partial charge < -0.3 is 9.47 Å². The van der Waals surface area contributed by atoms with Gasteiger partial charge in [-0.2, -0.15) is 0 Å². The van der Waals surface area contributed by atoms with E-state index in [0.717, 1.165) is 12.8 Å². The zero-order valence-corrected chi connectivity index (χ0v) is 11.9. The lowest BCUT2D eigenvalue weighted by Gasteiger charge is -2.22. The number of carbonyl (C=O) groups excluding carboxylic acids is 1. The SMILES string of the molecule is O=C(Cn1ccccc1=O)N(Cc1cccs1)C1CC1. The minimum Gasteiger partial charge on any atom is -0.333 e. The smallest absolute Gasteiger partial charge is 0.250 e. The van der Waals surface area contributed by atoms with Gasteiger partial charge in [0.05, 0.1) is 6.54 Å². The molecule has 2 aromatic rings. The Balaban J connectivity index is 1.73. The lowest BCUT2D eigenvalue weighted by molar-refractivity contribution is -0.133. The maximum Gasteiger partial charge on any atom is 0.250 e. The van der Waals surface area contributed by atoms with Crippen LogP contribution in [0.3, 0.4) is 0 Å². The second-order valence-corrected chi connectivity index (χ2v) is 6.03. The lowest BCUT2D eigenvalue weighted by Crippen LogP contribution is -2.37. The van der Waals surface area contributed by atoms with Crippen LogP contribution in [-0.4, -0.2) is 21.4 Å². The molecular formula is C15H16N2O2S. The predicted molar refractivity (Wildman–Crippen MR) is 78.6 cm³/mol. The quantitative estimate of drug-likeness (QED) is 0.845. The Hall–Kier alpha value is -1.88. The van der Waals surface area contributed by atoms with Gasteiger partial charge in [-0.1, -0.05) is 12.1 Å². The average molecular weight is 288 g/mol. The van der Waals surface area contributed by atoms with Crippen LogP contribution in [0.25, 0.3) is 0 Å². The Morgan fingerprint density at radius 1 is 1.30 bits per heavy atom. The highest BCUT2D eigenvalue weighted by atomic mass is 32.1. The molecule has 3 rings (SSSR count). The third-order valence-corrected chi connectivity index (χ3v) is 4.28. The van der Waals surface area contributed by atoms with E-state index < -0.39 is 0 Å². The van der Waals surface area contributed by atoms with Crippen molar-refractivity contribution in [3.8, 4) is 0 Å². The Morgan fingerprint density at radius 3 is 2.80 bits per heavy atom. The molecular weight excluding hydrogens is 272 g/mol. The van der Waals surface area contributed by atoms with Gasteiger partial charge in [-0.05, 0) is 30.4 Å². The zero-order valence-electron chi connectivity index (χ0n) is 11.1. The van der Waals surface area contributed by atoms with E-state index in [1.165, 1.54) is 15.5 Å². The van der Waals surface area contributed by atoms with Gasteiger partial charge in [-0.15, -0.1) is 11.3 Å². The number of pyridine rings is 1.